The van der Waals surface area contributed by atoms with E-state index in [0.717, 1.165) is 0 Å². The minimum atomic E-state index is -3.14. The fourth-order valence-electron chi connectivity index (χ4n) is 2.80. The largest absolute Gasteiger partial charge is 0.357 e. The van der Waals surface area contributed by atoms with Crippen molar-refractivity contribution in [1.29, 1.82) is 0 Å². The van der Waals surface area contributed by atoms with Crippen molar-refractivity contribution in [2.45, 2.75) is 31.9 Å². The van der Waals surface area contributed by atoms with Crippen molar-refractivity contribution < 1.29 is 17.2 Å². The van der Waals surface area contributed by atoms with Gasteiger partial charge in [0, 0.05) is 31.7 Å². The Kier molecular flexibility index (Phi) is 8.25. The van der Waals surface area contributed by atoms with Crippen LogP contribution < -0.4 is 5.32 Å². The maximum Gasteiger partial charge on any atom is 0.194 e. The van der Waals surface area contributed by atoms with E-state index < -0.39 is 26.2 Å². The molecule has 1 saturated heterocycles. The first-order chi connectivity index (χ1) is 11.7. The highest BCUT2D eigenvalue weighted by Gasteiger charge is 2.40. The van der Waals surface area contributed by atoms with Gasteiger partial charge in [0.15, 0.2) is 15.8 Å². The molecule has 1 aliphatic rings. The summed E-state index contributed by atoms with van der Waals surface area (Å²) in [6, 6.07) is 3.79. The van der Waals surface area contributed by atoms with Crippen molar-refractivity contribution in [3.8, 4) is 0 Å². The zero-order valence-electron chi connectivity index (χ0n) is 15.3. The minimum absolute atomic E-state index is 0. The molecular formula is C17H26F2IN3O2S. The van der Waals surface area contributed by atoms with Crippen LogP contribution in [0.5, 0.6) is 0 Å². The third kappa shape index (κ3) is 5.28. The highest BCUT2D eigenvalue weighted by molar-refractivity contribution is 14.0. The Morgan fingerprint density at radius 2 is 1.92 bits per heavy atom. The summed E-state index contributed by atoms with van der Waals surface area (Å²) < 4.78 is 50.8. The van der Waals surface area contributed by atoms with Crippen LogP contribution >= 0.6 is 24.0 Å². The Bertz CT molecular complexity index is 734. The van der Waals surface area contributed by atoms with Crippen LogP contribution in [-0.2, 0) is 16.3 Å². The average Bonchev–Trinajstić information content (AvgIpc) is 2.52. The lowest BCUT2D eigenvalue weighted by atomic mass is 10.1. The van der Waals surface area contributed by atoms with E-state index in [1.54, 1.807) is 13.8 Å². The van der Waals surface area contributed by atoms with E-state index in [9.17, 15) is 17.2 Å². The van der Waals surface area contributed by atoms with Crippen LogP contribution in [-0.4, -0.2) is 56.0 Å². The SMILES string of the molecule is CCNC(=NCCc1c(F)cccc1F)N1CCS(=O)(=O)C(C)(C)C1.I. The lowest BCUT2D eigenvalue weighted by molar-refractivity contribution is 0.353. The van der Waals surface area contributed by atoms with Gasteiger partial charge in [-0.1, -0.05) is 6.07 Å². The molecule has 0 aromatic heterocycles. The molecule has 0 unspecified atom stereocenters. The smallest absolute Gasteiger partial charge is 0.194 e. The van der Waals surface area contributed by atoms with Gasteiger partial charge in [-0.15, -0.1) is 24.0 Å². The van der Waals surface area contributed by atoms with E-state index >= 15 is 0 Å². The number of benzene rings is 1. The fraction of sp³-hybridized carbons (Fsp3) is 0.588. The number of hydrogen-bond acceptors (Lipinski definition) is 3. The molecule has 1 aromatic rings. The minimum Gasteiger partial charge on any atom is -0.357 e. The molecule has 1 aromatic carbocycles. The van der Waals surface area contributed by atoms with E-state index in [2.05, 4.69) is 10.3 Å². The van der Waals surface area contributed by atoms with Crippen molar-refractivity contribution in [2.75, 3.05) is 31.9 Å². The molecule has 0 amide bonds. The Labute approximate surface area is 171 Å². The zero-order valence-corrected chi connectivity index (χ0v) is 18.4. The van der Waals surface area contributed by atoms with Crippen LogP contribution in [0.3, 0.4) is 0 Å². The number of hydrogen-bond donors (Lipinski definition) is 1. The summed E-state index contributed by atoms with van der Waals surface area (Å²) in [6.45, 7) is 6.83. The van der Waals surface area contributed by atoms with Gasteiger partial charge in [0.1, 0.15) is 11.6 Å². The molecule has 0 atom stereocenters. The molecule has 1 aliphatic heterocycles. The first kappa shape index (κ1) is 23.1. The number of aliphatic imine (C=N–C) groups is 1. The van der Waals surface area contributed by atoms with Gasteiger partial charge in [-0.2, -0.15) is 0 Å². The van der Waals surface area contributed by atoms with Crippen molar-refractivity contribution in [3.05, 3.63) is 35.4 Å². The molecule has 26 heavy (non-hydrogen) atoms. The van der Waals surface area contributed by atoms with Gasteiger partial charge >= 0.3 is 0 Å². The second-order valence-electron chi connectivity index (χ2n) is 6.69. The molecule has 5 nitrogen and oxygen atoms in total. The third-order valence-electron chi connectivity index (χ3n) is 4.36. The number of rotatable bonds is 4. The van der Waals surface area contributed by atoms with Gasteiger partial charge in [0.2, 0.25) is 0 Å². The Morgan fingerprint density at radius 1 is 1.31 bits per heavy atom. The summed E-state index contributed by atoms with van der Waals surface area (Å²) in [4.78, 5) is 6.32. The molecule has 1 N–H and O–H groups in total. The highest BCUT2D eigenvalue weighted by Crippen LogP contribution is 2.23. The molecule has 0 aliphatic carbocycles. The molecule has 2 rings (SSSR count). The summed E-state index contributed by atoms with van der Waals surface area (Å²) >= 11 is 0. The summed E-state index contributed by atoms with van der Waals surface area (Å²) in [5.41, 5.74) is 0.0173. The predicted molar refractivity (Wildman–Crippen MR) is 111 cm³/mol. The number of guanidine groups is 1. The van der Waals surface area contributed by atoms with E-state index in [0.29, 0.717) is 25.6 Å². The molecule has 0 radical (unpaired) electrons. The van der Waals surface area contributed by atoms with E-state index in [1.807, 2.05) is 11.8 Å². The Hall–Kier alpha value is -0.970. The monoisotopic (exact) mass is 501 g/mol. The lowest BCUT2D eigenvalue weighted by Crippen LogP contribution is -2.57. The number of nitrogens with zero attached hydrogens (tertiary/aromatic N) is 2. The molecular weight excluding hydrogens is 475 g/mol. The second-order valence-corrected chi connectivity index (χ2v) is 9.43. The van der Waals surface area contributed by atoms with Crippen LogP contribution in [0.1, 0.15) is 26.3 Å². The number of sulfone groups is 1. The quantitative estimate of drug-likeness (QED) is 0.392. The first-order valence-corrected chi connectivity index (χ1v) is 10.0. The summed E-state index contributed by atoms with van der Waals surface area (Å²) in [5.74, 6) is -0.523. The van der Waals surface area contributed by atoms with Gasteiger partial charge in [0.05, 0.1) is 10.5 Å². The normalized spacial score (nSPS) is 19.0. The van der Waals surface area contributed by atoms with Gasteiger partial charge in [-0.25, -0.2) is 17.2 Å². The maximum absolute atomic E-state index is 13.7. The van der Waals surface area contributed by atoms with Gasteiger partial charge in [0.25, 0.3) is 0 Å². The first-order valence-electron chi connectivity index (χ1n) is 8.36. The van der Waals surface area contributed by atoms with Crippen LogP contribution in [0.2, 0.25) is 0 Å². The van der Waals surface area contributed by atoms with Crippen LogP contribution in [0.15, 0.2) is 23.2 Å². The van der Waals surface area contributed by atoms with E-state index in [1.165, 1.54) is 18.2 Å². The van der Waals surface area contributed by atoms with Crippen LogP contribution in [0, 0.1) is 11.6 Å². The van der Waals surface area contributed by atoms with E-state index in [4.69, 9.17) is 0 Å². The predicted octanol–water partition coefficient (Wildman–Crippen LogP) is 2.60. The summed E-state index contributed by atoms with van der Waals surface area (Å²) in [5, 5.41) is 3.13. The molecule has 9 heteroatoms. The molecule has 0 bridgehead atoms. The highest BCUT2D eigenvalue weighted by atomic mass is 127. The molecule has 0 spiro atoms. The van der Waals surface area contributed by atoms with Gasteiger partial charge in [-0.05, 0) is 39.3 Å². The van der Waals surface area contributed by atoms with Crippen molar-refractivity contribution in [1.82, 2.24) is 10.2 Å². The topological polar surface area (TPSA) is 61.8 Å². The van der Waals surface area contributed by atoms with Crippen LogP contribution in [0.25, 0.3) is 0 Å². The van der Waals surface area contributed by atoms with Crippen molar-refractivity contribution in [2.24, 2.45) is 4.99 Å². The van der Waals surface area contributed by atoms with Crippen molar-refractivity contribution in [3.63, 3.8) is 0 Å². The summed E-state index contributed by atoms with van der Waals surface area (Å²) in [6.07, 6.45) is 0.142. The van der Waals surface area contributed by atoms with Crippen molar-refractivity contribution >= 4 is 39.8 Å². The van der Waals surface area contributed by atoms with Gasteiger partial charge in [-0.3, -0.25) is 4.99 Å². The molecule has 1 heterocycles. The Morgan fingerprint density at radius 3 is 2.46 bits per heavy atom. The number of nitrogens with one attached hydrogen (secondary N) is 1. The fourth-order valence-corrected chi connectivity index (χ4v) is 4.16. The zero-order chi connectivity index (χ0) is 18.7. The number of halogens is 3. The van der Waals surface area contributed by atoms with Crippen LogP contribution in [0.4, 0.5) is 8.78 Å². The summed E-state index contributed by atoms with van der Waals surface area (Å²) in [7, 11) is -3.14. The average molecular weight is 501 g/mol. The van der Waals surface area contributed by atoms with Gasteiger partial charge < -0.3 is 10.2 Å². The van der Waals surface area contributed by atoms with E-state index in [-0.39, 0.29) is 48.3 Å². The molecule has 148 valence electrons. The third-order valence-corrected chi connectivity index (χ3v) is 6.90. The lowest BCUT2D eigenvalue weighted by Gasteiger charge is -2.39. The molecule has 0 saturated carbocycles. The second kappa shape index (κ2) is 9.29. The standard InChI is InChI=1S/C17H25F2N3O2S.HI/c1-4-20-16(22-10-11-25(23,24)17(2,3)12-22)21-9-8-13-14(18)6-5-7-15(13)19;/h5-7H,4,8-12H2,1-3H3,(H,20,21);1H. The Balaban J connectivity index is 0.00000338. The molecule has 1 fully saturated rings. The maximum atomic E-state index is 13.7.